The van der Waals surface area contributed by atoms with Crippen molar-refractivity contribution in [2.75, 3.05) is 46.6 Å². The van der Waals surface area contributed by atoms with Crippen LogP contribution in [0.25, 0.3) is 0 Å². The van der Waals surface area contributed by atoms with Gasteiger partial charge in [-0.2, -0.15) is 0 Å². The van der Waals surface area contributed by atoms with Crippen molar-refractivity contribution < 1.29 is 9.47 Å². The Morgan fingerprint density at radius 2 is 2.38 bits per heavy atom. The maximum absolute atomic E-state index is 5.48. The first-order valence-corrected chi connectivity index (χ1v) is 6.45. The summed E-state index contributed by atoms with van der Waals surface area (Å²) in [7, 11) is 1.75. The normalized spacial score (nSPS) is 31.3. The van der Waals surface area contributed by atoms with Gasteiger partial charge >= 0.3 is 0 Å². The summed E-state index contributed by atoms with van der Waals surface area (Å²) in [6.45, 7) is 6.01. The van der Waals surface area contributed by atoms with Crippen molar-refractivity contribution in [1.29, 1.82) is 0 Å². The highest BCUT2D eigenvalue weighted by Crippen LogP contribution is 2.23. The largest absolute Gasteiger partial charge is 0.383 e. The molecule has 0 aromatic heterocycles. The minimum atomic E-state index is 0.678. The van der Waals surface area contributed by atoms with E-state index in [0.29, 0.717) is 12.1 Å². The summed E-state index contributed by atoms with van der Waals surface area (Å²) in [4.78, 5) is 2.65. The minimum Gasteiger partial charge on any atom is -0.383 e. The van der Waals surface area contributed by atoms with Gasteiger partial charge in [0.2, 0.25) is 0 Å². The zero-order valence-corrected chi connectivity index (χ0v) is 10.3. The molecule has 0 aromatic rings. The third kappa shape index (κ3) is 3.17. The van der Waals surface area contributed by atoms with Crippen LogP contribution in [-0.2, 0) is 9.47 Å². The number of nitrogens with one attached hydrogen (secondary N) is 1. The molecule has 2 unspecified atom stereocenters. The maximum atomic E-state index is 5.48. The standard InChI is InChI=1S/C12H24N2O2/c1-15-8-5-13-9-11-3-2-6-14(11)12-4-7-16-10-12/h11-13H,2-10H2,1H3. The molecular weight excluding hydrogens is 204 g/mol. The molecule has 2 saturated heterocycles. The van der Waals surface area contributed by atoms with Crippen LogP contribution in [0.2, 0.25) is 0 Å². The lowest BCUT2D eigenvalue weighted by molar-refractivity contribution is 0.132. The van der Waals surface area contributed by atoms with Crippen LogP contribution in [0.4, 0.5) is 0 Å². The molecule has 0 spiro atoms. The van der Waals surface area contributed by atoms with Crippen LogP contribution in [0, 0.1) is 0 Å². The summed E-state index contributed by atoms with van der Waals surface area (Å²) in [6, 6.07) is 1.39. The highest BCUT2D eigenvalue weighted by Gasteiger charge is 2.32. The van der Waals surface area contributed by atoms with Crippen LogP contribution in [0.15, 0.2) is 0 Å². The van der Waals surface area contributed by atoms with Crippen molar-refractivity contribution in [2.45, 2.75) is 31.3 Å². The third-order valence-electron chi connectivity index (χ3n) is 3.66. The van der Waals surface area contributed by atoms with Gasteiger partial charge in [-0.15, -0.1) is 0 Å². The predicted molar refractivity (Wildman–Crippen MR) is 63.7 cm³/mol. The number of hydrogen-bond acceptors (Lipinski definition) is 4. The number of methoxy groups -OCH3 is 1. The Labute approximate surface area is 98.3 Å². The lowest BCUT2D eigenvalue weighted by Gasteiger charge is -2.29. The molecule has 16 heavy (non-hydrogen) atoms. The van der Waals surface area contributed by atoms with E-state index in [0.717, 1.165) is 32.9 Å². The molecule has 0 aromatic carbocycles. The second-order valence-corrected chi connectivity index (χ2v) is 4.75. The van der Waals surface area contributed by atoms with E-state index in [1.165, 1.54) is 25.8 Å². The van der Waals surface area contributed by atoms with Gasteiger partial charge in [-0.05, 0) is 25.8 Å². The van der Waals surface area contributed by atoms with Crippen LogP contribution in [0.3, 0.4) is 0 Å². The molecule has 1 N–H and O–H groups in total. The average Bonchev–Trinajstić information content (AvgIpc) is 2.94. The quantitative estimate of drug-likeness (QED) is 0.670. The van der Waals surface area contributed by atoms with Crippen LogP contribution in [-0.4, -0.2) is 63.5 Å². The second kappa shape index (κ2) is 6.55. The van der Waals surface area contributed by atoms with E-state index >= 15 is 0 Å². The molecule has 2 atom stereocenters. The van der Waals surface area contributed by atoms with Gasteiger partial charge in [0.15, 0.2) is 0 Å². The molecule has 0 radical (unpaired) electrons. The first kappa shape index (κ1) is 12.3. The van der Waals surface area contributed by atoms with Crippen LogP contribution >= 0.6 is 0 Å². The molecule has 2 fully saturated rings. The Kier molecular flexibility index (Phi) is 5.03. The molecule has 4 nitrogen and oxygen atoms in total. The number of likely N-dealkylation sites (tertiary alicyclic amines) is 1. The number of rotatable bonds is 6. The van der Waals surface area contributed by atoms with Crippen molar-refractivity contribution in [3.8, 4) is 0 Å². The lowest BCUT2D eigenvalue weighted by Crippen LogP contribution is -2.44. The maximum Gasteiger partial charge on any atom is 0.0622 e. The van der Waals surface area contributed by atoms with Gasteiger partial charge in [0.05, 0.1) is 13.2 Å². The van der Waals surface area contributed by atoms with Crippen LogP contribution < -0.4 is 5.32 Å². The van der Waals surface area contributed by atoms with Gasteiger partial charge < -0.3 is 14.8 Å². The zero-order chi connectivity index (χ0) is 11.2. The zero-order valence-electron chi connectivity index (χ0n) is 10.3. The van der Waals surface area contributed by atoms with E-state index < -0.39 is 0 Å². The Morgan fingerprint density at radius 3 is 3.12 bits per heavy atom. The lowest BCUT2D eigenvalue weighted by atomic mass is 10.1. The topological polar surface area (TPSA) is 33.7 Å². The molecule has 2 aliphatic rings. The van der Waals surface area contributed by atoms with Gasteiger partial charge in [0, 0.05) is 38.9 Å². The first-order valence-electron chi connectivity index (χ1n) is 6.45. The van der Waals surface area contributed by atoms with Crippen molar-refractivity contribution in [1.82, 2.24) is 10.2 Å². The minimum absolute atomic E-state index is 0.678. The fraction of sp³-hybridized carbons (Fsp3) is 1.00. The summed E-state index contributed by atoms with van der Waals surface area (Å²) in [5.41, 5.74) is 0. The highest BCUT2D eigenvalue weighted by molar-refractivity contribution is 4.87. The van der Waals surface area contributed by atoms with Crippen molar-refractivity contribution in [2.24, 2.45) is 0 Å². The number of ether oxygens (including phenoxy) is 2. The molecule has 0 amide bonds. The van der Waals surface area contributed by atoms with Gasteiger partial charge in [-0.3, -0.25) is 4.90 Å². The fourth-order valence-electron chi connectivity index (χ4n) is 2.78. The third-order valence-corrected chi connectivity index (χ3v) is 3.66. The second-order valence-electron chi connectivity index (χ2n) is 4.75. The van der Waals surface area contributed by atoms with E-state index in [2.05, 4.69) is 10.2 Å². The average molecular weight is 228 g/mol. The molecule has 2 rings (SSSR count). The molecule has 0 aliphatic carbocycles. The molecule has 2 heterocycles. The van der Waals surface area contributed by atoms with Crippen LogP contribution in [0.5, 0.6) is 0 Å². The summed E-state index contributed by atoms with van der Waals surface area (Å²) >= 11 is 0. The number of hydrogen-bond donors (Lipinski definition) is 1. The van der Waals surface area contributed by atoms with E-state index in [4.69, 9.17) is 9.47 Å². The van der Waals surface area contributed by atoms with E-state index in [1.807, 2.05) is 0 Å². The van der Waals surface area contributed by atoms with Gasteiger partial charge in [0.1, 0.15) is 0 Å². The highest BCUT2D eigenvalue weighted by atomic mass is 16.5. The SMILES string of the molecule is COCCNCC1CCCN1C1CCOC1. The fourth-order valence-corrected chi connectivity index (χ4v) is 2.78. The van der Waals surface area contributed by atoms with Crippen molar-refractivity contribution in [3.63, 3.8) is 0 Å². The molecule has 4 heteroatoms. The predicted octanol–water partition coefficient (Wildman–Crippen LogP) is 0.476. The molecule has 94 valence electrons. The monoisotopic (exact) mass is 228 g/mol. The number of nitrogens with zero attached hydrogens (tertiary/aromatic N) is 1. The van der Waals surface area contributed by atoms with Crippen LogP contribution in [0.1, 0.15) is 19.3 Å². The van der Waals surface area contributed by atoms with Gasteiger partial charge in [0.25, 0.3) is 0 Å². The molecule has 0 bridgehead atoms. The van der Waals surface area contributed by atoms with Gasteiger partial charge in [-0.25, -0.2) is 0 Å². The Balaban J connectivity index is 1.70. The Morgan fingerprint density at radius 1 is 1.44 bits per heavy atom. The Bertz CT molecular complexity index is 195. The molecule has 2 aliphatic heterocycles. The summed E-state index contributed by atoms with van der Waals surface area (Å²) in [5.74, 6) is 0. The molecular formula is C12H24N2O2. The van der Waals surface area contributed by atoms with Crippen molar-refractivity contribution in [3.05, 3.63) is 0 Å². The van der Waals surface area contributed by atoms with Crippen molar-refractivity contribution >= 4 is 0 Å². The summed E-state index contributed by atoms with van der Waals surface area (Å²) in [6.07, 6.45) is 3.89. The summed E-state index contributed by atoms with van der Waals surface area (Å²) in [5, 5.41) is 3.47. The molecule has 0 saturated carbocycles. The van der Waals surface area contributed by atoms with E-state index in [1.54, 1.807) is 7.11 Å². The summed E-state index contributed by atoms with van der Waals surface area (Å²) < 4.78 is 10.5. The van der Waals surface area contributed by atoms with Gasteiger partial charge in [-0.1, -0.05) is 0 Å². The van der Waals surface area contributed by atoms with E-state index in [9.17, 15) is 0 Å². The smallest absolute Gasteiger partial charge is 0.0622 e. The Hall–Kier alpha value is -0.160. The first-order chi connectivity index (χ1) is 7.92. The van der Waals surface area contributed by atoms with E-state index in [-0.39, 0.29) is 0 Å².